The fourth-order valence-corrected chi connectivity index (χ4v) is 1.21. The van der Waals surface area contributed by atoms with Crippen LogP contribution < -0.4 is 5.56 Å². The van der Waals surface area contributed by atoms with Gasteiger partial charge >= 0.3 is 0 Å². The van der Waals surface area contributed by atoms with E-state index in [1.165, 1.54) is 10.9 Å². The second-order valence-corrected chi connectivity index (χ2v) is 2.97. The normalized spacial score (nSPS) is 9.40. The molecule has 1 radical (unpaired) electrons. The van der Waals surface area contributed by atoms with Crippen molar-refractivity contribution < 1.29 is 32.7 Å². The van der Waals surface area contributed by atoms with Crippen molar-refractivity contribution in [3.05, 3.63) is 58.5 Å². The third-order valence-electron chi connectivity index (χ3n) is 1.97. The van der Waals surface area contributed by atoms with Crippen molar-refractivity contribution in [2.24, 2.45) is 0 Å². The molecule has 73 valence electrons. The Bertz CT molecular complexity index is 493. The maximum Gasteiger partial charge on any atom is 0.115 e. The van der Waals surface area contributed by atoms with Crippen LogP contribution in [0.4, 0.5) is 0 Å². The Balaban J connectivity index is 0.00000112. The molecule has 1 aromatic carbocycles. The quantitative estimate of drug-likeness (QED) is 0.735. The Kier molecular flexibility index (Phi) is 4.36. The molecule has 0 spiro atoms. The molecule has 0 fully saturated rings. The Hall–Kier alpha value is -0.796. The van der Waals surface area contributed by atoms with E-state index in [-0.39, 0.29) is 38.3 Å². The molecule has 0 aliphatic rings. The van der Waals surface area contributed by atoms with Crippen molar-refractivity contribution in [3.63, 3.8) is 0 Å². The monoisotopic (exact) mass is 274 g/mol. The summed E-state index contributed by atoms with van der Waals surface area (Å²) in [5.41, 5.74) is 1.22. The number of para-hydroxylation sites is 1. The van der Waals surface area contributed by atoms with E-state index in [4.69, 9.17) is 0 Å². The molecule has 0 saturated carbocycles. The molecule has 15 heavy (non-hydrogen) atoms. The van der Waals surface area contributed by atoms with Crippen molar-refractivity contribution in [1.82, 2.24) is 9.78 Å². The topological polar surface area (TPSA) is 34.9 Å². The Morgan fingerprint density at radius 1 is 1.27 bits per heavy atom. The molecule has 0 amide bonds. The molecule has 2 aromatic rings. The maximum absolute atomic E-state index is 11.6. The second kappa shape index (κ2) is 5.33. The summed E-state index contributed by atoms with van der Waals surface area (Å²) in [6, 6.07) is 12.1. The van der Waals surface area contributed by atoms with E-state index in [1.54, 1.807) is 6.92 Å². The van der Waals surface area contributed by atoms with Crippen LogP contribution in [0.25, 0.3) is 5.69 Å². The molecule has 1 heterocycles. The Labute approximate surface area is 113 Å². The van der Waals surface area contributed by atoms with E-state index in [2.05, 4.69) is 11.2 Å². The molecular weight excluding hydrogens is 265 g/mol. The van der Waals surface area contributed by atoms with Crippen molar-refractivity contribution in [2.45, 2.75) is 6.92 Å². The number of aromatic nitrogens is 2. The Morgan fingerprint density at radius 2 is 1.93 bits per heavy atom. The number of hydrogen-bond acceptors (Lipinski definition) is 2. The molecule has 1 aromatic heterocycles. The number of hydrogen-bond donors (Lipinski definition) is 0. The largest absolute Gasteiger partial charge is 0.381 e. The molecule has 0 aliphatic heterocycles. The van der Waals surface area contributed by atoms with Crippen LogP contribution in [0.2, 0.25) is 0 Å². The van der Waals surface area contributed by atoms with Crippen LogP contribution in [0.5, 0.6) is 0 Å². The predicted molar refractivity (Wildman–Crippen MR) is 53.4 cm³/mol. The molecule has 0 atom stereocenters. The molecule has 0 unspecified atom stereocenters. The van der Waals surface area contributed by atoms with Gasteiger partial charge in [-0.15, -0.1) is 0 Å². The van der Waals surface area contributed by atoms with Gasteiger partial charge in [-0.25, -0.2) is 11.2 Å². The maximum atomic E-state index is 11.6. The van der Waals surface area contributed by atoms with Crippen LogP contribution in [0.15, 0.2) is 41.3 Å². The van der Waals surface area contributed by atoms with Crippen molar-refractivity contribution in [3.8, 4) is 5.69 Å². The molecule has 0 bridgehead atoms. The summed E-state index contributed by atoms with van der Waals surface area (Å²) in [6.07, 6.45) is 1.50. The molecule has 0 saturated heterocycles. The smallest absolute Gasteiger partial charge is 0.115 e. The summed E-state index contributed by atoms with van der Waals surface area (Å²) < 4.78 is 1.37. The van der Waals surface area contributed by atoms with Gasteiger partial charge in [-0.1, -0.05) is 25.1 Å². The average molecular weight is 274 g/mol. The molecule has 3 nitrogen and oxygen atoms in total. The van der Waals surface area contributed by atoms with E-state index < -0.39 is 0 Å². The van der Waals surface area contributed by atoms with E-state index in [0.29, 0.717) is 5.56 Å². The van der Waals surface area contributed by atoms with Gasteiger partial charge in [-0.05, 0) is 18.3 Å². The fourth-order valence-electron chi connectivity index (χ4n) is 1.21. The average Bonchev–Trinajstić information content (AvgIpc) is 2.23. The molecule has 0 aliphatic carbocycles. The van der Waals surface area contributed by atoms with Crippen molar-refractivity contribution in [2.75, 3.05) is 0 Å². The summed E-state index contributed by atoms with van der Waals surface area (Å²) in [4.78, 5) is 11.6. The number of aryl methyl sites for hydroxylation is 1. The number of rotatable bonds is 1. The van der Waals surface area contributed by atoms with Gasteiger partial charge in [0.15, 0.2) is 0 Å². The van der Waals surface area contributed by atoms with Gasteiger partial charge in [0.25, 0.3) is 0 Å². The minimum absolute atomic E-state index is 0. The Morgan fingerprint density at radius 3 is 2.60 bits per heavy atom. The number of nitrogens with zero attached hydrogens (tertiary/aromatic N) is 2. The first-order valence-corrected chi connectivity index (χ1v) is 4.31. The van der Waals surface area contributed by atoms with Gasteiger partial charge in [-0.3, -0.25) is 4.68 Å². The SMILES string of the molecule is Cc1[c-]cnn(-c2ccccc2)c1=O.[Y]. The molecule has 4 heteroatoms. The van der Waals surface area contributed by atoms with Crippen molar-refractivity contribution in [1.29, 1.82) is 0 Å². The number of benzene rings is 1. The summed E-state index contributed by atoms with van der Waals surface area (Å²) >= 11 is 0. The van der Waals surface area contributed by atoms with Gasteiger partial charge in [0.05, 0.1) is 0 Å². The zero-order valence-electron chi connectivity index (χ0n) is 8.34. The van der Waals surface area contributed by atoms with Crippen LogP contribution in [0, 0.1) is 13.0 Å². The van der Waals surface area contributed by atoms with E-state index in [0.717, 1.165) is 5.69 Å². The first-order valence-electron chi connectivity index (χ1n) is 4.31. The standard InChI is InChI=1S/C11H9N2O.Y/c1-9-7-8-12-13(11(9)14)10-5-3-2-4-6-10;/h2-6,8H,1H3;/q-1;. The zero-order valence-corrected chi connectivity index (χ0v) is 11.2. The zero-order chi connectivity index (χ0) is 9.97. The summed E-state index contributed by atoms with van der Waals surface area (Å²) in [5.74, 6) is 0. The first kappa shape index (κ1) is 12.3. The third kappa shape index (κ3) is 2.61. The van der Waals surface area contributed by atoms with Crippen LogP contribution >= 0.6 is 0 Å². The minimum atomic E-state index is -0.126. The molecule has 0 N–H and O–H groups in total. The summed E-state index contributed by atoms with van der Waals surface area (Å²) in [6.45, 7) is 1.73. The predicted octanol–water partition coefficient (Wildman–Crippen LogP) is 1.34. The van der Waals surface area contributed by atoms with Gasteiger partial charge in [-0.2, -0.15) is 5.56 Å². The van der Waals surface area contributed by atoms with Crippen molar-refractivity contribution >= 4 is 0 Å². The minimum Gasteiger partial charge on any atom is -0.381 e. The van der Waals surface area contributed by atoms with Crippen LogP contribution in [0.1, 0.15) is 5.56 Å². The molecular formula is C11H9N2OY-. The fraction of sp³-hybridized carbons (Fsp3) is 0.0909. The van der Waals surface area contributed by atoms with E-state index in [1.807, 2.05) is 30.3 Å². The van der Waals surface area contributed by atoms with Crippen LogP contribution in [-0.2, 0) is 32.7 Å². The van der Waals surface area contributed by atoms with Gasteiger partial charge in [0, 0.05) is 38.4 Å². The van der Waals surface area contributed by atoms with Crippen LogP contribution in [-0.4, -0.2) is 9.78 Å². The van der Waals surface area contributed by atoms with E-state index >= 15 is 0 Å². The van der Waals surface area contributed by atoms with Gasteiger partial charge < -0.3 is 4.79 Å². The van der Waals surface area contributed by atoms with E-state index in [9.17, 15) is 4.79 Å². The van der Waals surface area contributed by atoms with Gasteiger partial charge in [0.2, 0.25) is 0 Å². The first-order chi connectivity index (χ1) is 6.79. The second-order valence-electron chi connectivity index (χ2n) is 2.97. The summed E-state index contributed by atoms with van der Waals surface area (Å²) in [5, 5.41) is 3.96. The van der Waals surface area contributed by atoms with Crippen LogP contribution in [0.3, 0.4) is 0 Å². The van der Waals surface area contributed by atoms with Gasteiger partial charge in [0.1, 0.15) is 5.56 Å². The molecule has 2 rings (SSSR count). The third-order valence-corrected chi connectivity index (χ3v) is 1.97. The summed E-state index contributed by atoms with van der Waals surface area (Å²) in [7, 11) is 0.